The average Bonchev–Trinajstić information content (AvgIpc) is 3.70. The van der Waals surface area contributed by atoms with Crippen molar-refractivity contribution >= 4 is 28.3 Å². The van der Waals surface area contributed by atoms with E-state index in [0.717, 1.165) is 5.56 Å². The Balaban J connectivity index is 1.31. The number of imidazole rings is 1. The first-order chi connectivity index (χ1) is 21.5. The van der Waals surface area contributed by atoms with Gasteiger partial charge in [-0.2, -0.15) is 0 Å². The molecule has 13 heteroatoms. The zero-order chi connectivity index (χ0) is 31.9. The zero-order valence-corrected chi connectivity index (χ0v) is 26.0. The van der Waals surface area contributed by atoms with Gasteiger partial charge in [0.2, 0.25) is 0 Å². The number of halogens is 2. The number of rotatable bonds is 10. The van der Waals surface area contributed by atoms with Crippen LogP contribution in [-0.2, 0) is 17.8 Å². The van der Waals surface area contributed by atoms with E-state index < -0.39 is 17.6 Å². The van der Waals surface area contributed by atoms with Crippen LogP contribution in [0.2, 0.25) is 0 Å². The van der Waals surface area contributed by atoms with Crippen molar-refractivity contribution < 1.29 is 32.9 Å². The van der Waals surface area contributed by atoms with Crippen LogP contribution >= 0.6 is 11.3 Å². The molecule has 0 unspecified atom stereocenters. The van der Waals surface area contributed by atoms with Gasteiger partial charge in [0, 0.05) is 17.4 Å². The Labute approximate surface area is 261 Å². The normalized spacial score (nSPS) is 15.9. The van der Waals surface area contributed by atoms with E-state index in [4.69, 9.17) is 19.2 Å². The van der Waals surface area contributed by atoms with E-state index in [9.17, 15) is 14.3 Å². The van der Waals surface area contributed by atoms with E-state index in [-0.39, 0.29) is 35.9 Å². The van der Waals surface area contributed by atoms with Gasteiger partial charge in [-0.05, 0) is 61.4 Å². The lowest BCUT2D eigenvalue weighted by Gasteiger charge is -2.28. The third-order valence-corrected chi connectivity index (χ3v) is 8.66. The number of nitrogens with zero attached hydrogens (tertiary/aromatic N) is 5. The molecule has 1 atom stereocenters. The summed E-state index contributed by atoms with van der Waals surface area (Å²) in [5.74, 6) is -1.81. The Bertz CT molecular complexity index is 1910. The molecular formula is C32H31F2N5O5S. The van der Waals surface area contributed by atoms with Gasteiger partial charge in [0.1, 0.15) is 18.2 Å². The highest BCUT2D eigenvalue weighted by Gasteiger charge is 2.39. The van der Waals surface area contributed by atoms with Crippen LogP contribution in [-0.4, -0.2) is 55.6 Å². The minimum atomic E-state index is -1.04. The molecule has 4 heterocycles. The molecular weight excluding hydrogens is 604 g/mol. The van der Waals surface area contributed by atoms with Crippen molar-refractivity contribution in [3.8, 4) is 22.3 Å². The predicted molar refractivity (Wildman–Crippen MR) is 163 cm³/mol. The van der Waals surface area contributed by atoms with E-state index in [0.29, 0.717) is 63.7 Å². The molecule has 1 saturated heterocycles. The Morgan fingerprint density at radius 3 is 2.67 bits per heavy atom. The number of carbonyl (C=O) groups is 1. The average molecular weight is 636 g/mol. The summed E-state index contributed by atoms with van der Waals surface area (Å²) >= 11 is 1.19. The van der Waals surface area contributed by atoms with Gasteiger partial charge in [0.25, 0.3) is 11.1 Å². The van der Waals surface area contributed by atoms with Crippen LogP contribution in [0.4, 0.5) is 8.78 Å². The molecule has 1 aliphatic rings. The van der Waals surface area contributed by atoms with Gasteiger partial charge in [0.05, 0.1) is 48.2 Å². The van der Waals surface area contributed by atoms with Gasteiger partial charge in [-0.3, -0.25) is 0 Å². The molecule has 1 fully saturated rings. The summed E-state index contributed by atoms with van der Waals surface area (Å²) in [7, 11) is 0. The van der Waals surface area contributed by atoms with Crippen LogP contribution in [0.5, 0.6) is 11.1 Å². The molecule has 0 saturated carbocycles. The molecule has 234 valence electrons. The van der Waals surface area contributed by atoms with Crippen molar-refractivity contribution in [1.82, 2.24) is 24.7 Å². The highest BCUT2D eigenvalue weighted by Crippen LogP contribution is 2.41. The quantitative estimate of drug-likeness (QED) is 0.186. The van der Waals surface area contributed by atoms with Crippen molar-refractivity contribution in [2.75, 3.05) is 19.8 Å². The second-order valence-electron chi connectivity index (χ2n) is 11.5. The monoisotopic (exact) mass is 635 g/mol. The van der Waals surface area contributed by atoms with Gasteiger partial charge in [-0.25, -0.2) is 23.5 Å². The molecule has 5 aromatic rings. The first-order valence-corrected chi connectivity index (χ1v) is 15.2. The molecule has 0 spiro atoms. The van der Waals surface area contributed by atoms with Gasteiger partial charge < -0.3 is 23.9 Å². The molecule has 3 aromatic heterocycles. The summed E-state index contributed by atoms with van der Waals surface area (Å²) in [6.45, 7) is 9.18. The molecule has 0 amide bonds. The Kier molecular flexibility index (Phi) is 8.23. The van der Waals surface area contributed by atoms with E-state index in [1.807, 2.05) is 18.4 Å². The lowest BCUT2D eigenvalue weighted by molar-refractivity contribution is 0.0697. The summed E-state index contributed by atoms with van der Waals surface area (Å²) in [6.07, 6.45) is 0.160. The lowest BCUT2D eigenvalue weighted by Crippen LogP contribution is -2.27. The van der Waals surface area contributed by atoms with Crippen molar-refractivity contribution in [2.24, 2.45) is 5.41 Å². The minimum absolute atomic E-state index is 0.0534. The summed E-state index contributed by atoms with van der Waals surface area (Å²) in [4.78, 5) is 20.9. The third-order valence-electron chi connectivity index (χ3n) is 7.85. The number of aromatic nitrogens is 5. The third kappa shape index (κ3) is 6.09. The lowest BCUT2D eigenvalue weighted by atomic mass is 9.87. The number of pyridine rings is 1. The van der Waals surface area contributed by atoms with Crippen molar-refractivity contribution in [3.63, 3.8) is 0 Å². The second-order valence-corrected chi connectivity index (χ2v) is 12.6. The summed E-state index contributed by atoms with van der Waals surface area (Å²) in [6, 6.07) is 10.5. The molecule has 6 rings (SSSR count). The van der Waals surface area contributed by atoms with Crippen molar-refractivity contribution in [3.05, 3.63) is 81.6 Å². The smallest absolute Gasteiger partial charge is 0.335 e. The van der Waals surface area contributed by atoms with Crippen LogP contribution < -0.4 is 9.47 Å². The fourth-order valence-corrected chi connectivity index (χ4v) is 6.19. The Morgan fingerprint density at radius 1 is 1.11 bits per heavy atom. The summed E-state index contributed by atoms with van der Waals surface area (Å²) in [5.41, 5.74) is 3.14. The molecule has 45 heavy (non-hydrogen) atoms. The van der Waals surface area contributed by atoms with Crippen LogP contribution in [0, 0.1) is 24.0 Å². The summed E-state index contributed by atoms with van der Waals surface area (Å²) < 4.78 is 49.1. The maximum atomic E-state index is 15.8. The van der Waals surface area contributed by atoms with E-state index in [1.54, 1.807) is 18.2 Å². The standard InChI is InChI=1S/C32H31F2N5O5S/c1-5-43-31-38-37-28(45-31)15-44-29-21(33)7-9-23(36-29)20-13-22(34)19(10-17(20)2)12-27-35-24-8-6-18(30(40)41)11-25(24)39(27)26-14-42-16-32(26,3)4/h6-11,13,26H,5,12,14-16H2,1-4H3,(H,40,41)/t26-/m1/s1. The highest BCUT2D eigenvalue weighted by atomic mass is 32.1. The highest BCUT2D eigenvalue weighted by molar-refractivity contribution is 7.13. The SMILES string of the molecule is CCOc1nnc(COc2nc(-c3cc(F)c(Cc4nc5ccc(C(=O)O)cc5n4[C@@H]4COCC4(C)C)cc3C)ccc2F)s1. The van der Waals surface area contributed by atoms with Gasteiger partial charge in [-0.1, -0.05) is 36.3 Å². The van der Waals surface area contributed by atoms with Crippen molar-refractivity contribution in [1.29, 1.82) is 0 Å². The Hall–Kier alpha value is -4.49. The molecule has 0 radical (unpaired) electrons. The van der Waals surface area contributed by atoms with Crippen LogP contribution in [0.3, 0.4) is 0 Å². The number of aryl methyl sites for hydroxylation is 1. The first-order valence-electron chi connectivity index (χ1n) is 14.4. The van der Waals surface area contributed by atoms with E-state index >= 15 is 4.39 Å². The number of fused-ring (bicyclic) bond motifs is 1. The second kappa shape index (κ2) is 12.1. The molecule has 1 aliphatic heterocycles. The fraction of sp³-hybridized carbons (Fsp3) is 0.344. The number of aromatic carboxylic acids is 1. The number of benzene rings is 2. The number of hydrogen-bond acceptors (Lipinski definition) is 9. The zero-order valence-electron chi connectivity index (χ0n) is 25.1. The largest absolute Gasteiger partial charge is 0.478 e. The van der Waals surface area contributed by atoms with Gasteiger partial charge in [0.15, 0.2) is 10.8 Å². The van der Waals surface area contributed by atoms with Gasteiger partial charge in [-0.15, -0.1) is 5.10 Å². The van der Waals surface area contributed by atoms with Crippen LogP contribution in [0.1, 0.15) is 59.1 Å². The van der Waals surface area contributed by atoms with E-state index in [1.165, 1.54) is 35.6 Å². The fourth-order valence-electron chi connectivity index (χ4n) is 5.53. The predicted octanol–water partition coefficient (Wildman–Crippen LogP) is 6.40. The topological polar surface area (TPSA) is 121 Å². The first kappa shape index (κ1) is 30.5. The molecule has 10 nitrogen and oxygen atoms in total. The number of hydrogen-bond donors (Lipinski definition) is 1. The van der Waals surface area contributed by atoms with E-state index in [2.05, 4.69) is 29.0 Å². The molecule has 0 aliphatic carbocycles. The van der Waals surface area contributed by atoms with Gasteiger partial charge >= 0.3 is 5.97 Å². The molecule has 2 aromatic carbocycles. The maximum Gasteiger partial charge on any atom is 0.335 e. The van der Waals surface area contributed by atoms with Crippen molar-refractivity contribution in [2.45, 2.75) is 46.8 Å². The molecule has 0 bridgehead atoms. The molecule has 1 N–H and O–H groups in total. The minimum Gasteiger partial charge on any atom is -0.478 e. The maximum absolute atomic E-state index is 15.8. The number of carboxylic acids is 1. The number of carboxylic acid groups (broad SMARTS) is 1. The van der Waals surface area contributed by atoms with Crippen LogP contribution in [0.25, 0.3) is 22.3 Å². The number of ether oxygens (including phenoxy) is 3. The van der Waals surface area contributed by atoms with Crippen LogP contribution in [0.15, 0.2) is 42.5 Å². The Morgan fingerprint density at radius 2 is 1.93 bits per heavy atom. The summed E-state index contributed by atoms with van der Waals surface area (Å²) in [5, 5.41) is 18.4.